The van der Waals surface area contributed by atoms with Crippen LogP contribution in [0.3, 0.4) is 0 Å². The maximum absolute atomic E-state index is 12.9. The molecule has 0 saturated carbocycles. The van der Waals surface area contributed by atoms with Gasteiger partial charge in [0.1, 0.15) is 0 Å². The van der Waals surface area contributed by atoms with Crippen molar-refractivity contribution in [1.82, 2.24) is 10.6 Å². The summed E-state index contributed by atoms with van der Waals surface area (Å²) in [4.78, 5) is 23.9. The number of benzene rings is 3. The van der Waals surface area contributed by atoms with Crippen molar-refractivity contribution in [2.24, 2.45) is 0 Å². The third-order valence-corrected chi connectivity index (χ3v) is 5.66. The summed E-state index contributed by atoms with van der Waals surface area (Å²) < 4.78 is 45.4. The van der Waals surface area contributed by atoms with Gasteiger partial charge in [0.2, 0.25) is 17.2 Å². The maximum atomic E-state index is 12.9. The second kappa shape index (κ2) is 11.6. The van der Waals surface area contributed by atoms with Gasteiger partial charge < -0.3 is 10.6 Å². The lowest BCUT2D eigenvalue weighted by molar-refractivity contribution is -0.783. The molecular formula is C27H25F3N5O3+. The number of anilines is 2. The Morgan fingerprint density at radius 2 is 1.66 bits per heavy atom. The first-order valence-electron chi connectivity index (χ1n) is 11.7. The van der Waals surface area contributed by atoms with Crippen molar-refractivity contribution in [3.8, 4) is 11.1 Å². The van der Waals surface area contributed by atoms with Crippen LogP contribution in [0.15, 0.2) is 89.6 Å². The Morgan fingerprint density at radius 1 is 0.947 bits per heavy atom. The van der Waals surface area contributed by atoms with Crippen LogP contribution in [0.1, 0.15) is 24.1 Å². The summed E-state index contributed by atoms with van der Waals surface area (Å²) in [6, 6.07) is 21.1. The number of amides is 3. The Labute approximate surface area is 216 Å². The van der Waals surface area contributed by atoms with Gasteiger partial charge in [-0.2, -0.15) is 13.2 Å². The lowest BCUT2D eigenvalue weighted by Gasteiger charge is -2.10. The molecule has 0 radical (unpaired) electrons. The number of rotatable bonds is 8. The molecule has 0 saturated heterocycles. The lowest BCUT2D eigenvalue weighted by Crippen LogP contribution is -2.47. The highest BCUT2D eigenvalue weighted by atomic mass is 19.4. The molecule has 4 rings (SSSR count). The third-order valence-electron chi connectivity index (χ3n) is 5.66. The second-order valence-corrected chi connectivity index (χ2v) is 8.56. The number of hydrogen-bond acceptors (Lipinski definition) is 4. The summed E-state index contributed by atoms with van der Waals surface area (Å²) in [6.07, 6.45) is -2.59. The first-order valence-corrected chi connectivity index (χ1v) is 11.7. The van der Waals surface area contributed by atoms with Gasteiger partial charge in [-0.1, -0.05) is 60.7 Å². The first-order chi connectivity index (χ1) is 18.2. The molecule has 0 spiro atoms. The van der Waals surface area contributed by atoms with Crippen LogP contribution in [0.25, 0.3) is 11.1 Å². The number of alkyl halides is 3. The number of halogens is 3. The summed E-state index contributed by atoms with van der Waals surface area (Å²) in [6.45, 7) is 1.66. The summed E-state index contributed by atoms with van der Waals surface area (Å²) >= 11 is 0. The molecule has 3 aromatic carbocycles. The standard InChI is InChI=1S/C27H24F3N5O3/c1-18(36)31-16-24(14-19-10-12-21(13-11-19)20-6-3-2-4-7-20)35-17-25(38-34-35)33-26(37)32-23-9-5-8-22(15-23)27(28,29)30/h2-13,15,17,24H,14,16H2,1H3,(H2-,31,32,33,34,36,37)/p+1. The quantitative estimate of drug-likeness (QED) is 0.276. The molecule has 1 heterocycles. The van der Waals surface area contributed by atoms with E-state index in [-0.39, 0.29) is 30.1 Å². The molecule has 1 aromatic heterocycles. The molecule has 196 valence electrons. The van der Waals surface area contributed by atoms with Gasteiger partial charge in [-0.3, -0.25) is 14.6 Å². The Hall–Kier alpha value is -4.67. The Morgan fingerprint density at radius 3 is 2.34 bits per heavy atom. The minimum atomic E-state index is -4.53. The van der Waals surface area contributed by atoms with E-state index in [1.165, 1.54) is 29.9 Å². The van der Waals surface area contributed by atoms with E-state index in [9.17, 15) is 22.8 Å². The van der Waals surface area contributed by atoms with Crippen LogP contribution in [-0.2, 0) is 17.4 Å². The molecule has 3 N–H and O–H groups in total. The van der Waals surface area contributed by atoms with Crippen LogP contribution in [0.2, 0.25) is 0 Å². The molecule has 8 nitrogen and oxygen atoms in total. The number of carbonyl (C=O) groups is 2. The average molecular weight is 525 g/mol. The first kappa shape index (κ1) is 26.4. The predicted molar refractivity (Wildman–Crippen MR) is 134 cm³/mol. The third kappa shape index (κ3) is 7.19. The van der Waals surface area contributed by atoms with Crippen molar-refractivity contribution in [2.75, 3.05) is 17.2 Å². The van der Waals surface area contributed by atoms with Gasteiger partial charge in [-0.05, 0) is 39.6 Å². The van der Waals surface area contributed by atoms with Gasteiger partial charge in [0.25, 0.3) is 6.20 Å². The number of nitrogens with zero attached hydrogens (tertiary/aromatic N) is 2. The van der Waals surface area contributed by atoms with Crippen LogP contribution in [-0.4, -0.2) is 23.8 Å². The highest BCUT2D eigenvalue weighted by molar-refractivity contribution is 5.98. The topological polar surface area (TPSA) is 100 Å². The number of hydrogen-bond donors (Lipinski definition) is 3. The van der Waals surface area contributed by atoms with Gasteiger partial charge in [0.15, 0.2) is 0 Å². The monoisotopic (exact) mass is 524 g/mol. The van der Waals surface area contributed by atoms with Gasteiger partial charge in [-0.15, -0.1) is 0 Å². The molecule has 1 unspecified atom stereocenters. The molecule has 0 aliphatic heterocycles. The number of aromatic nitrogens is 2. The smallest absolute Gasteiger partial charge is 0.350 e. The van der Waals surface area contributed by atoms with Crippen LogP contribution in [0, 0.1) is 0 Å². The van der Waals surface area contributed by atoms with E-state index in [0.29, 0.717) is 6.42 Å². The van der Waals surface area contributed by atoms with Crippen molar-refractivity contribution < 1.29 is 32.0 Å². The average Bonchev–Trinajstić information content (AvgIpc) is 3.35. The molecule has 0 aliphatic carbocycles. The minimum absolute atomic E-state index is 0.0262. The highest BCUT2D eigenvalue weighted by Crippen LogP contribution is 2.30. The molecule has 4 aromatic rings. The Bertz CT molecular complexity index is 1390. The van der Waals surface area contributed by atoms with Crippen molar-refractivity contribution in [3.63, 3.8) is 0 Å². The largest absolute Gasteiger partial charge is 0.416 e. The van der Waals surface area contributed by atoms with Gasteiger partial charge in [0, 0.05) is 19.0 Å². The fourth-order valence-corrected chi connectivity index (χ4v) is 3.79. The van der Waals surface area contributed by atoms with E-state index in [0.717, 1.165) is 28.8 Å². The summed E-state index contributed by atoms with van der Waals surface area (Å²) in [5.74, 6) is -0.237. The predicted octanol–water partition coefficient (Wildman–Crippen LogP) is 5.21. The molecule has 11 heteroatoms. The van der Waals surface area contributed by atoms with Gasteiger partial charge in [-0.25, -0.2) is 4.79 Å². The minimum Gasteiger partial charge on any atom is -0.350 e. The normalized spacial score (nSPS) is 12.0. The van der Waals surface area contributed by atoms with Crippen molar-refractivity contribution >= 4 is 23.5 Å². The number of nitrogens with one attached hydrogen (secondary N) is 3. The second-order valence-electron chi connectivity index (χ2n) is 8.56. The molecule has 0 fully saturated rings. The van der Waals surface area contributed by atoms with Crippen molar-refractivity contribution in [2.45, 2.75) is 25.6 Å². The fourth-order valence-electron chi connectivity index (χ4n) is 3.79. The van der Waals surface area contributed by atoms with Gasteiger partial charge >= 0.3 is 18.1 Å². The Balaban J connectivity index is 1.43. The van der Waals surface area contributed by atoms with Crippen LogP contribution in [0.5, 0.6) is 0 Å². The lowest BCUT2D eigenvalue weighted by atomic mass is 10.0. The van der Waals surface area contributed by atoms with E-state index in [1.54, 1.807) is 0 Å². The number of urea groups is 1. The molecule has 3 amide bonds. The van der Waals surface area contributed by atoms with Gasteiger partial charge in [0.05, 0.1) is 12.1 Å². The molecule has 0 aliphatic rings. The molecule has 0 bridgehead atoms. The zero-order valence-electron chi connectivity index (χ0n) is 20.3. The van der Waals surface area contributed by atoms with Crippen LogP contribution >= 0.6 is 0 Å². The fraction of sp³-hybridized carbons (Fsp3) is 0.185. The summed E-state index contributed by atoms with van der Waals surface area (Å²) in [5, 5.41) is 11.5. The Kier molecular flexibility index (Phi) is 8.05. The SMILES string of the molecule is CC(=O)NCC(Cc1ccc(-c2ccccc2)cc1)[n+]1cc(NC(=O)Nc2cccc(C(F)(F)F)c2)on1. The number of carbonyl (C=O) groups excluding carboxylic acids is 2. The van der Waals surface area contributed by atoms with E-state index in [2.05, 4.69) is 21.2 Å². The van der Waals surface area contributed by atoms with Crippen LogP contribution in [0.4, 0.5) is 29.5 Å². The molecule has 1 atom stereocenters. The van der Waals surface area contributed by atoms with E-state index in [4.69, 9.17) is 4.52 Å². The summed E-state index contributed by atoms with van der Waals surface area (Å²) in [5.41, 5.74) is 2.24. The highest BCUT2D eigenvalue weighted by Gasteiger charge is 2.30. The van der Waals surface area contributed by atoms with Crippen LogP contribution < -0.4 is 20.6 Å². The van der Waals surface area contributed by atoms with Crippen molar-refractivity contribution in [3.05, 3.63) is 96.2 Å². The zero-order valence-corrected chi connectivity index (χ0v) is 20.3. The maximum Gasteiger partial charge on any atom is 0.416 e. The molecule has 38 heavy (non-hydrogen) atoms. The van der Waals surface area contributed by atoms with E-state index >= 15 is 0 Å². The van der Waals surface area contributed by atoms with Crippen molar-refractivity contribution in [1.29, 1.82) is 0 Å². The van der Waals surface area contributed by atoms with E-state index in [1.807, 2.05) is 54.6 Å². The zero-order chi connectivity index (χ0) is 27.1. The van der Waals surface area contributed by atoms with E-state index < -0.39 is 17.8 Å². The molecular weight excluding hydrogens is 499 g/mol. The summed E-state index contributed by atoms with van der Waals surface area (Å²) in [7, 11) is 0.